The average Bonchev–Trinajstić information content (AvgIpc) is 1.99. The number of nitrogens with one attached hydrogen (secondary N) is 2. The molecule has 0 aliphatic rings. The van der Waals surface area contributed by atoms with Gasteiger partial charge in [0.1, 0.15) is 5.82 Å². The van der Waals surface area contributed by atoms with Crippen LogP contribution in [-0.2, 0) is 0 Å². The van der Waals surface area contributed by atoms with Crippen LogP contribution >= 0.6 is 0 Å². The molecule has 0 spiro atoms. The summed E-state index contributed by atoms with van der Waals surface area (Å²) in [6.07, 6.45) is 1.26. The molecule has 0 aliphatic heterocycles. The van der Waals surface area contributed by atoms with Gasteiger partial charge in [0.2, 0.25) is 0 Å². The molecule has 2 N–H and O–H groups in total. The number of hydrogen-bond donors (Lipinski definition) is 2. The maximum absolute atomic E-state index is 6.91. The number of allylic oxidation sites excluding steroid dienone is 1. The molecule has 0 saturated carbocycles. The van der Waals surface area contributed by atoms with Crippen LogP contribution in [0.5, 0.6) is 0 Å². The lowest BCUT2D eigenvalue weighted by molar-refractivity contribution is 0.835. The molecule has 56 valence electrons. The van der Waals surface area contributed by atoms with Crippen molar-refractivity contribution < 1.29 is 0 Å². The van der Waals surface area contributed by atoms with E-state index in [1.165, 1.54) is 6.21 Å². The molecule has 0 aliphatic carbocycles. The SMILES string of the molecule is C=N/C(NCC)=C(/C)C=N. The molecule has 0 saturated heterocycles. The fourth-order valence-corrected chi connectivity index (χ4v) is 0.556. The van der Waals surface area contributed by atoms with Crippen molar-refractivity contribution in [3.63, 3.8) is 0 Å². The van der Waals surface area contributed by atoms with Crippen molar-refractivity contribution in [1.29, 1.82) is 5.41 Å². The zero-order chi connectivity index (χ0) is 7.98. The summed E-state index contributed by atoms with van der Waals surface area (Å²) in [4.78, 5) is 3.72. The molecule has 0 aromatic rings. The Labute approximate surface area is 61.4 Å². The Morgan fingerprint density at radius 2 is 2.40 bits per heavy atom. The Kier molecular flexibility index (Phi) is 4.20. The third kappa shape index (κ3) is 2.44. The van der Waals surface area contributed by atoms with Crippen molar-refractivity contribution in [2.45, 2.75) is 13.8 Å². The van der Waals surface area contributed by atoms with E-state index in [1.54, 1.807) is 0 Å². The van der Waals surface area contributed by atoms with Crippen LogP contribution in [0, 0.1) is 5.41 Å². The standard InChI is InChI=1S/C7H13N3/c1-4-10-7(9-3)6(2)5-8/h5,8,10H,3-4H2,1-2H3/b7-6+,8-5?. The lowest BCUT2D eigenvalue weighted by Crippen LogP contribution is -2.12. The third-order valence-electron chi connectivity index (χ3n) is 1.09. The second kappa shape index (κ2) is 4.73. The van der Waals surface area contributed by atoms with Gasteiger partial charge in [0.05, 0.1) is 0 Å². The van der Waals surface area contributed by atoms with Gasteiger partial charge < -0.3 is 10.7 Å². The van der Waals surface area contributed by atoms with E-state index in [4.69, 9.17) is 5.41 Å². The summed E-state index contributed by atoms with van der Waals surface area (Å²) in [6, 6.07) is 0. The number of hydrogen-bond acceptors (Lipinski definition) is 3. The Morgan fingerprint density at radius 3 is 2.70 bits per heavy atom. The molecule has 3 heteroatoms. The normalized spacial score (nSPS) is 11.8. The van der Waals surface area contributed by atoms with E-state index >= 15 is 0 Å². The quantitative estimate of drug-likeness (QED) is 0.564. The van der Waals surface area contributed by atoms with E-state index in [-0.39, 0.29) is 0 Å². The zero-order valence-corrected chi connectivity index (χ0v) is 6.44. The average molecular weight is 139 g/mol. The molecule has 0 atom stereocenters. The maximum Gasteiger partial charge on any atom is 0.129 e. The van der Waals surface area contributed by atoms with E-state index in [0.717, 1.165) is 12.1 Å². The summed E-state index contributed by atoms with van der Waals surface area (Å²) in [5.41, 5.74) is 0.803. The molecule has 0 fully saturated rings. The van der Waals surface area contributed by atoms with Crippen molar-refractivity contribution in [3.8, 4) is 0 Å². The Hall–Kier alpha value is -1.12. The fourth-order valence-electron chi connectivity index (χ4n) is 0.556. The molecule has 0 radical (unpaired) electrons. The minimum atomic E-state index is 0.692. The highest BCUT2D eigenvalue weighted by atomic mass is 15.0. The minimum absolute atomic E-state index is 0.692. The van der Waals surface area contributed by atoms with Crippen LogP contribution in [0.15, 0.2) is 16.4 Å². The highest BCUT2D eigenvalue weighted by Gasteiger charge is 1.92. The van der Waals surface area contributed by atoms with Crippen molar-refractivity contribution >= 4 is 12.9 Å². The molecule has 0 rings (SSSR count). The van der Waals surface area contributed by atoms with E-state index < -0.39 is 0 Å². The summed E-state index contributed by atoms with van der Waals surface area (Å²) in [7, 11) is 0. The molecule has 0 heterocycles. The second-order valence-corrected chi connectivity index (χ2v) is 1.86. The molecule has 0 aromatic heterocycles. The van der Waals surface area contributed by atoms with Crippen LogP contribution in [0.4, 0.5) is 0 Å². The van der Waals surface area contributed by atoms with Crippen LogP contribution in [0.2, 0.25) is 0 Å². The minimum Gasteiger partial charge on any atom is -0.370 e. The van der Waals surface area contributed by atoms with E-state index in [2.05, 4.69) is 17.0 Å². The van der Waals surface area contributed by atoms with E-state index in [1.807, 2.05) is 13.8 Å². The molecule has 0 aromatic carbocycles. The molecule has 0 bridgehead atoms. The Morgan fingerprint density at radius 1 is 1.80 bits per heavy atom. The monoisotopic (exact) mass is 139 g/mol. The van der Waals surface area contributed by atoms with Crippen molar-refractivity contribution in [1.82, 2.24) is 5.32 Å². The predicted octanol–water partition coefficient (Wildman–Crippen LogP) is 1.18. The van der Waals surface area contributed by atoms with Gasteiger partial charge in [-0.2, -0.15) is 0 Å². The smallest absolute Gasteiger partial charge is 0.129 e. The van der Waals surface area contributed by atoms with Gasteiger partial charge in [0.15, 0.2) is 0 Å². The first-order chi connectivity index (χ1) is 4.76. The second-order valence-electron chi connectivity index (χ2n) is 1.86. The molecule has 0 unspecified atom stereocenters. The summed E-state index contributed by atoms with van der Waals surface area (Å²) < 4.78 is 0. The topological polar surface area (TPSA) is 48.2 Å². The largest absolute Gasteiger partial charge is 0.370 e. The highest BCUT2D eigenvalue weighted by Crippen LogP contribution is 1.96. The molecule has 0 amide bonds. The molecule has 10 heavy (non-hydrogen) atoms. The first-order valence-corrected chi connectivity index (χ1v) is 3.18. The van der Waals surface area contributed by atoms with Gasteiger partial charge in [-0.3, -0.25) is 0 Å². The number of aliphatic imine (C=N–C) groups is 1. The van der Waals surface area contributed by atoms with Crippen LogP contribution in [-0.4, -0.2) is 19.5 Å². The van der Waals surface area contributed by atoms with Crippen LogP contribution < -0.4 is 5.32 Å². The fraction of sp³-hybridized carbons (Fsp3) is 0.429. The summed E-state index contributed by atoms with van der Waals surface area (Å²) in [6.45, 7) is 7.97. The zero-order valence-electron chi connectivity index (χ0n) is 6.44. The predicted molar refractivity (Wildman–Crippen MR) is 44.7 cm³/mol. The van der Waals surface area contributed by atoms with Gasteiger partial charge in [0.25, 0.3) is 0 Å². The van der Waals surface area contributed by atoms with E-state index in [9.17, 15) is 0 Å². The first-order valence-electron chi connectivity index (χ1n) is 3.18. The number of nitrogens with zero attached hydrogens (tertiary/aromatic N) is 1. The third-order valence-corrected chi connectivity index (χ3v) is 1.09. The van der Waals surface area contributed by atoms with Crippen LogP contribution in [0.1, 0.15) is 13.8 Å². The van der Waals surface area contributed by atoms with Crippen molar-refractivity contribution in [2.24, 2.45) is 4.99 Å². The lowest BCUT2D eigenvalue weighted by atomic mass is 10.3. The maximum atomic E-state index is 6.91. The summed E-state index contributed by atoms with van der Waals surface area (Å²) in [5.74, 6) is 0.692. The Balaban J connectivity index is 4.28. The van der Waals surface area contributed by atoms with E-state index in [0.29, 0.717) is 5.82 Å². The van der Waals surface area contributed by atoms with Gasteiger partial charge in [-0.15, -0.1) is 0 Å². The van der Waals surface area contributed by atoms with Gasteiger partial charge in [0, 0.05) is 18.3 Å². The number of rotatable bonds is 4. The lowest BCUT2D eigenvalue weighted by Gasteiger charge is -2.03. The Bertz CT molecular complexity index is 158. The van der Waals surface area contributed by atoms with Gasteiger partial charge in [-0.25, -0.2) is 4.99 Å². The molecule has 3 nitrogen and oxygen atoms in total. The highest BCUT2D eigenvalue weighted by molar-refractivity contribution is 5.76. The van der Waals surface area contributed by atoms with Gasteiger partial charge in [-0.1, -0.05) is 0 Å². The molecular weight excluding hydrogens is 126 g/mol. The molecular formula is C7H13N3. The van der Waals surface area contributed by atoms with Crippen molar-refractivity contribution in [3.05, 3.63) is 11.4 Å². The van der Waals surface area contributed by atoms with Crippen LogP contribution in [0.3, 0.4) is 0 Å². The van der Waals surface area contributed by atoms with Crippen LogP contribution in [0.25, 0.3) is 0 Å². The van der Waals surface area contributed by atoms with Crippen molar-refractivity contribution in [2.75, 3.05) is 6.54 Å². The van der Waals surface area contributed by atoms with Gasteiger partial charge >= 0.3 is 0 Å². The first kappa shape index (κ1) is 8.88. The summed E-state index contributed by atoms with van der Waals surface area (Å²) in [5, 5.41) is 9.89. The summed E-state index contributed by atoms with van der Waals surface area (Å²) >= 11 is 0. The van der Waals surface area contributed by atoms with Gasteiger partial charge in [-0.05, 0) is 20.6 Å².